The largest absolute Gasteiger partial charge is 0.434 e. The van der Waals surface area contributed by atoms with Gasteiger partial charge >= 0.3 is 0 Å². The van der Waals surface area contributed by atoms with Gasteiger partial charge in [-0.3, -0.25) is 9.38 Å². The minimum atomic E-state index is 0.347. The van der Waals surface area contributed by atoms with Gasteiger partial charge in [0.25, 0.3) is 5.88 Å². The molecule has 3 aromatic rings. The van der Waals surface area contributed by atoms with Gasteiger partial charge in [-0.05, 0) is 22.0 Å². The van der Waals surface area contributed by atoms with Crippen LogP contribution in [0.3, 0.4) is 0 Å². The molecule has 0 saturated carbocycles. The molecule has 90 valence electrons. The second-order valence-corrected chi connectivity index (χ2v) is 4.49. The number of pyridine rings is 1. The Bertz CT molecular complexity index is 711. The number of anilines is 1. The molecule has 18 heavy (non-hydrogen) atoms. The van der Waals surface area contributed by atoms with E-state index >= 15 is 0 Å². The van der Waals surface area contributed by atoms with Crippen LogP contribution in [-0.4, -0.2) is 19.4 Å². The Morgan fingerprint density at radius 1 is 1.33 bits per heavy atom. The predicted octanol–water partition coefficient (Wildman–Crippen LogP) is 2.26. The van der Waals surface area contributed by atoms with Gasteiger partial charge in [-0.1, -0.05) is 0 Å². The van der Waals surface area contributed by atoms with E-state index in [4.69, 9.17) is 10.5 Å². The highest BCUT2D eigenvalue weighted by atomic mass is 79.9. The van der Waals surface area contributed by atoms with Crippen molar-refractivity contribution in [3.63, 3.8) is 0 Å². The summed E-state index contributed by atoms with van der Waals surface area (Å²) in [6.07, 6.45) is 8.37. The number of imidazole rings is 1. The summed E-state index contributed by atoms with van der Waals surface area (Å²) >= 11 is 3.32. The van der Waals surface area contributed by atoms with Gasteiger partial charge in [-0.2, -0.15) is 4.98 Å². The van der Waals surface area contributed by atoms with E-state index in [9.17, 15) is 0 Å². The molecular weight excluding hydrogens is 298 g/mol. The Morgan fingerprint density at radius 2 is 2.22 bits per heavy atom. The van der Waals surface area contributed by atoms with Gasteiger partial charge in [0.05, 0.1) is 12.4 Å². The molecule has 0 unspecified atom stereocenters. The quantitative estimate of drug-likeness (QED) is 0.785. The molecule has 0 aliphatic rings. The van der Waals surface area contributed by atoms with Crippen LogP contribution in [0, 0.1) is 0 Å². The van der Waals surface area contributed by atoms with Gasteiger partial charge in [0, 0.05) is 23.1 Å². The molecule has 0 aromatic carbocycles. The minimum Gasteiger partial charge on any atom is -0.434 e. The van der Waals surface area contributed by atoms with Crippen molar-refractivity contribution in [1.29, 1.82) is 0 Å². The summed E-state index contributed by atoms with van der Waals surface area (Å²) in [4.78, 5) is 12.3. The zero-order valence-corrected chi connectivity index (χ0v) is 10.7. The molecule has 0 spiro atoms. The molecule has 0 bridgehead atoms. The zero-order chi connectivity index (χ0) is 12.5. The van der Waals surface area contributed by atoms with Crippen LogP contribution in [0.25, 0.3) is 5.65 Å². The molecular formula is C11H8BrN5O. The molecule has 0 aliphatic heterocycles. The molecule has 3 aromatic heterocycles. The van der Waals surface area contributed by atoms with Gasteiger partial charge in [-0.25, -0.2) is 4.98 Å². The Labute approximate surface area is 111 Å². The van der Waals surface area contributed by atoms with Crippen molar-refractivity contribution in [3.8, 4) is 11.6 Å². The van der Waals surface area contributed by atoms with E-state index in [0.29, 0.717) is 23.1 Å². The molecule has 0 aliphatic carbocycles. The number of ether oxygens (including phenoxy) is 1. The van der Waals surface area contributed by atoms with E-state index in [2.05, 4.69) is 30.9 Å². The molecule has 3 heterocycles. The molecule has 2 N–H and O–H groups in total. The second kappa shape index (κ2) is 4.26. The molecule has 0 amide bonds. The lowest BCUT2D eigenvalue weighted by atomic mass is 10.5. The number of hydrogen-bond acceptors (Lipinski definition) is 5. The average molecular weight is 306 g/mol. The van der Waals surface area contributed by atoms with E-state index in [1.54, 1.807) is 41.5 Å². The molecule has 0 radical (unpaired) electrons. The smallest absolute Gasteiger partial charge is 0.265 e. The first-order valence-electron chi connectivity index (χ1n) is 5.10. The lowest BCUT2D eigenvalue weighted by Crippen LogP contribution is -1.99. The molecule has 0 fully saturated rings. The lowest BCUT2D eigenvalue weighted by molar-refractivity contribution is 0.463. The zero-order valence-electron chi connectivity index (χ0n) is 9.12. The monoisotopic (exact) mass is 305 g/mol. The number of nitrogen functional groups attached to an aromatic ring is 1. The minimum absolute atomic E-state index is 0.347. The van der Waals surface area contributed by atoms with Gasteiger partial charge in [0.15, 0.2) is 0 Å². The first kappa shape index (κ1) is 11.0. The Balaban J connectivity index is 2.06. The van der Waals surface area contributed by atoms with Crippen molar-refractivity contribution in [2.24, 2.45) is 0 Å². The molecule has 7 heteroatoms. The van der Waals surface area contributed by atoms with E-state index in [-0.39, 0.29) is 0 Å². The first-order chi connectivity index (χ1) is 8.72. The summed E-state index contributed by atoms with van der Waals surface area (Å²) in [6.45, 7) is 0. The Morgan fingerprint density at radius 3 is 3.06 bits per heavy atom. The first-order valence-corrected chi connectivity index (χ1v) is 5.89. The van der Waals surface area contributed by atoms with Crippen molar-refractivity contribution in [1.82, 2.24) is 19.4 Å². The SMILES string of the molecule is Nc1cn2ccnc2c(Oc2cncc(Br)c2)n1. The van der Waals surface area contributed by atoms with Crippen LogP contribution in [0.2, 0.25) is 0 Å². The van der Waals surface area contributed by atoms with Crippen molar-refractivity contribution in [2.75, 3.05) is 5.73 Å². The van der Waals surface area contributed by atoms with Gasteiger partial charge in [0.2, 0.25) is 5.65 Å². The lowest BCUT2D eigenvalue weighted by Gasteiger charge is -2.06. The number of halogens is 1. The van der Waals surface area contributed by atoms with E-state index in [0.717, 1.165) is 4.47 Å². The van der Waals surface area contributed by atoms with Crippen molar-refractivity contribution in [3.05, 3.63) is 41.5 Å². The standard InChI is InChI=1S/C11H8BrN5O/c12-7-3-8(5-14-4-7)18-11-10-15-1-2-17(10)6-9(13)16-11/h1-6H,13H2. The summed E-state index contributed by atoms with van der Waals surface area (Å²) in [5, 5.41) is 0. The molecule has 0 saturated heterocycles. The summed E-state index contributed by atoms with van der Waals surface area (Å²) < 4.78 is 8.22. The fourth-order valence-corrected chi connectivity index (χ4v) is 1.89. The molecule has 0 atom stereocenters. The number of hydrogen-bond donors (Lipinski definition) is 1. The Kier molecular flexibility index (Phi) is 2.60. The average Bonchev–Trinajstić information content (AvgIpc) is 2.77. The van der Waals surface area contributed by atoms with Crippen LogP contribution in [0.15, 0.2) is 41.5 Å². The fourth-order valence-electron chi connectivity index (χ4n) is 1.55. The maximum absolute atomic E-state index is 5.70. The summed E-state index contributed by atoms with van der Waals surface area (Å²) in [6, 6.07) is 1.79. The highest BCUT2D eigenvalue weighted by Gasteiger charge is 2.09. The van der Waals surface area contributed by atoms with Crippen LogP contribution < -0.4 is 10.5 Å². The molecule has 3 rings (SSSR count). The van der Waals surface area contributed by atoms with Crippen LogP contribution in [-0.2, 0) is 0 Å². The van der Waals surface area contributed by atoms with Crippen LogP contribution in [0.1, 0.15) is 0 Å². The number of rotatable bonds is 2. The number of nitrogens with zero attached hydrogens (tertiary/aromatic N) is 4. The third kappa shape index (κ3) is 2.00. The topological polar surface area (TPSA) is 78.3 Å². The highest BCUT2D eigenvalue weighted by Crippen LogP contribution is 2.25. The van der Waals surface area contributed by atoms with Crippen LogP contribution >= 0.6 is 15.9 Å². The van der Waals surface area contributed by atoms with E-state index < -0.39 is 0 Å². The third-order valence-electron chi connectivity index (χ3n) is 2.26. The van der Waals surface area contributed by atoms with E-state index in [1.807, 2.05) is 0 Å². The Hall–Kier alpha value is -2.15. The van der Waals surface area contributed by atoms with Gasteiger partial charge in [0.1, 0.15) is 11.6 Å². The van der Waals surface area contributed by atoms with Crippen molar-refractivity contribution >= 4 is 27.4 Å². The highest BCUT2D eigenvalue weighted by molar-refractivity contribution is 9.10. The van der Waals surface area contributed by atoms with Crippen LogP contribution in [0.4, 0.5) is 5.82 Å². The van der Waals surface area contributed by atoms with E-state index in [1.165, 1.54) is 0 Å². The van der Waals surface area contributed by atoms with Crippen molar-refractivity contribution in [2.45, 2.75) is 0 Å². The predicted molar refractivity (Wildman–Crippen MR) is 69.4 cm³/mol. The number of fused-ring (bicyclic) bond motifs is 1. The number of nitrogens with two attached hydrogens (primary N) is 1. The fraction of sp³-hybridized carbons (Fsp3) is 0. The number of aromatic nitrogens is 4. The maximum atomic E-state index is 5.70. The van der Waals surface area contributed by atoms with Crippen LogP contribution in [0.5, 0.6) is 11.6 Å². The van der Waals surface area contributed by atoms with Crippen molar-refractivity contribution < 1.29 is 4.74 Å². The maximum Gasteiger partial charge on any atom is 0.265 e. The third-order valence-corrected chi connectivity index (χ3v) is 2.69. The summed E-state index contributed by atoms with van der Waals surface area (Å²) in [7, 11) is 0. The van der Waals surface area contributed by atoms with Gasteiger partial charge < -0.3 is 10.5 Å². The normalized spacial score (nSPS) is 10.7. The van der Waals surface area contributed by atoms with Gasteiger partial charge in [-0.15, -0.1) is 0 Å². The summed E-state index contributed by atoms with van der Waals surface area (Å²) in [5.74, 6) is 1.27. The molecule has 6 nitrogen and oxygen atoms in total. The second-order valence-electron chi connectivity index (χ2n) is 3.57. The summed E-state index contributed by atoms with van der Waals surface area (Å²) in [5.41, 5.74) is 6.30.